The van der Waals surface area contributed by atoms with E-state index in [4.69, 9.17) is 4.74 Å². The topological polar surface area (TPSA) is 75.7 Å². The first-order valence-electron chi connectivity index (χ1n) is 8.95. The summed E-state index contributed by atoms with van der Waals surface area (Å²) in [5, 5.41) is 0. The van der Waals surface area contributed by atoms with Crippen molar-refractivity contribution in [3.8, 4) is 5.75 Å². The van der Waals surface area contributed by atoms with Crippen LogP contribution >= 0.6 is 0 Å². The van der Waals surface area contributed by atoms with Crippen LogP contribution in [0.4, 0.5) is 5.69 Å². The van der Waals surface area contributed by atoms with Gasteiger partial charge in [0.2, 0.25) is 15.9 Å². The van der Waals surface area contributed by atoms with Crippen LogP contribution in [0.1, 0.15) is 24.5 Å². The lowest BCUT2D eigenvalue weighted by atomic mass is 10.1. The highest BCUT2D eigenvalue weighted by Crippen LogP contribution is 2.25. The smallest absolute Gasteiger partial charge is 0.245 e. The molecule has 1 aliphatic heterocycles. The number of aryl methyl sites for hydroxylation is 2. The van der Waals surface area contributed by atoms with Gasteiger partial charge in [-0.05, 0) is 74.7 Å². The number of hydrogen-bond acceptors (Lipinski definition) is 4. The number of carbonyl (C=O) groups excluding carboxylic acids is 1. The van der Waals surface area contributed by atoms with Crippen LogP contribution in [0.3, 0.4) is 0 Å². The summed E-state index contributed by atoms with van der Waals surface area (Å²) in [7, 11) is -3.78. The Balaban J connectivity index is 1.73. The number of sulfonamides is 1. The Bertz CT molecular complexity index is 939. The van der Waals surface area contributed by atoms with Gasteiger partial charge in [-0.3, -0.25) is 4.79 Å². The van der Waals surface area contributed by atoms with Crippen molar-refractivity contribution in [2.24, 2.45) is 0 Å². The molecule has 0 aromatic heterocycles. The number of carbonyl (C=O) groups is 1. The SMILES string of the molecule is CCOc1ccc(S(=O)(=O)N[C@@H]2CCN(c3ccc(C)c(C)c3)C2=O)cc1. The van der Waals surface area contributed by atoms with Crippen LogP contribution in [-0.4, -0.2) is 33.5 Å². The molecule has 1 amide bonds. The summed E-state index contributed by atoms with van der Waals surface area (Å²) in [6.45, 7) is 6.86. The Morgan fingerprint density at radius 1 is 1.11 bits per heavy atom. The molecule has 1 fully saturated rings. The van der Waals surface area contributed by atoms with Gasteiger partial charge in [0, 0.05) is 12.2 Å². The van der Waals surface area contributed by atoms with Gasteiger partial charge in [-0.25, -0.2) is 8.42 Å². The molecule has 0 spiro atoms. The second kappa shape index (κ2) is 7.70. The maximum absolute atomic E-state index is 12.7. The molecule has 0 bridgehead atoms. The van der Waals surface area contributed by atoms with E-state index in [1.807, 2.05) is 39.0 Å². The summed E-state index contributed by atoms with van der Waals surface area (Å²) in [5.41, 5.74) is 3.04. The third-order valence-corrected chi connectivity index (χ3v) is 6.24. The standard InChI is InChI=1S/C20H24N2O4S/c1-4-26-17-7-9-18(10-8-17)27(24,25)21-19-11-12-22(20(19)23)16-6-5-14(2)15(3)13-16/h5-10,13,19,21H,4,11-12H2,1-3H3/t19-/m1/s1. The van der Waals surface area contributed by atoms with Crippen molar-refractivity contribution in [3.05, 3.63) is 53.6 Å². The molecule has 1 N–H and O–H groups in total. The molecule has 0 unspecified atom stereocenters. The molecule has 2 aromatic rings. The molecule has 7 heteroatoms. The van der Waals surface area contributed by atoms with E-state index in [0.717, 1.165) is 16.8 Å². The van der Waals surface area contributed by atoms with E-state index >= 15 is 0 Å². The van der Waals surface area contributed by atoms with Gasteiger partial charge in [0.1, 0.15) is 11.8 Å². The number of nitrogens with one attached hydrogen (secondary N) is 1. The average molecular weight is 388 g/mol. The van der Waals surface area contributed by atoms with E-state index < -0.39 is 16.1 Å². The number of amides is 1. The van der Waals surface area contributed by atoms with Gasteiger partial charge >= 0.3 is 0 Å². The van der Waals surface area contributed by atoms with Crippen molar-refractivity contribution < 1.29 is 17.9 Å². The zero-order valence-electron chi connectivity index (χ0n) is 15.7. The number of ether oxygens (including phenoxy) is 1. The van der Waals surface area contributed by atoms with Crippen molar-refractivity contribution >= 4 is 21.6 Å². The molecule has 1 saturated heterocycles. The molecule has 3 rings (SSSR count). The summed E-state index contributed by atoms with van der Waals surface area (Å²) in [4.78, 5) is 14.5. The normalized spacial score (nSPS) is 17.4. The predicted molar refractivity (Wildman–Crippen MR) is 105 cm³/mol. The fraction of sp³-hybridized carbons (Fsp3) is 0.350. The Labute approximate surface area is 160 Å². The zero-order chi connectivity index (χ0) is 19.6. The van der Waals surface area contributed by atoms with Crippen LogP contribution in [0.25, 0.3) is 0 Å². The van der Waals surface area contributed by atoms with Crippen LogP contribution in [-0.2, 0) is 14.8 Å². The molecule has 1 aliphatic rings. The van der Waals surface area contributed by atoms with Gasteiger partial charge in [-0.2, -0.15) is 4.72 Å². The third kappa shape index (κ3) is 4.14. The predicted octanol–water partition coefficient (Wildman–Crippen LogP) is 2.79. The summed E-state index contributed by atoms with van der Waals surface area (Å²) in [6, 6.07) is 11.2. The zero-order valence-corrected chi connectivity index (χ0v) is 16.5. The molecule has 6 nitrogen and oxygen atoms in total. The first kappa shape index (κ1) is 19.4. The number of nitrogens with zero attached hydrogens (tertiary/aromatic N) is 1. The fourth-order valence-corrected chi connectivity index (χ4v) is 4.30. The summed E-state index contributed by atoms with van der Waals surface area (Å²) < 4.78 is 33.1. The number of anilines is 1. The monoisotopic (exact) mass is 388 g/mol. The average Bonchev–Trinajstić information content (AvgIpc) is 2.98. The summed E-state index contributed by atoms with van der Waals surface area (Å²) in [5.74, 6) is 0.377. The number of hydrogen-bond donors (Lipinski definition) is 1. The number of benzene rings is 2. The molecular formula is C20H24N2O4S. The van der Waals surface area contributed by atoms with E-state index in [1.165, 1.54) is 12.1 Å². The van der Waals surface area contributed by atoms with Crippen LogP contribution in [0.15, 0.2) is 47.4 Å². The molecule has 0 aliphatic carbocycles. The molecule has 0 radical (unpaired) electrons. The van der Waals surface area contributed by atoms with E-state index in [9.17, 15) is 13.2 Å². The van der Waals surface area contributed by atoms with Crippen LogP contribution < -0.4 is 14.4 Å². The van der Waals surface area contributed by atoms with Crippen molar-refractivity contribution in [1.82, 2.24) is 4.72 Å². The largest absolute Gasteiger partial charge is 0.494 e. The van der Waals surface area contributed by atoms with Gasteiger partial charge in [-0.15, -0.1) is 0 Å². The first-order chi connectivity index (χ1) is 12.8. The minimum absolute atomic E-state index is 0.114. The van der Waals surface area contributed by atoms with Crippen molar-refractivity contribution in [3.63, 3.8) is 0 Å². The van der Waals surface area contributed by atoms with Crippen LogP contribution in [0.2, 0.25) is 0 Å². The summed E-state index contributed by atoms with van der Waals surface area (Å²) in [6.07, 6.45) is 0.433. The lowest BCUT2D eigenvalue weighted by Crippen LogP contribution is -2.41. The molecule has 27 heavy (non-hydrogen) atoms. The van der Waals surface area contributed by atoms with Gasteiger partial charge in [-0.1, -0.05) is 6.07 Å². The van der Waals surface area contributed by atoms with Crippen LogP contribution in [0.5, 0.6) is 5.75 Å². The molecule has 1 heterocycles. The first-order valence-corrected chi connectivity index (χ1v) is 10.4. The van der Waals surface area contributed by atoms with Crippen LogP contribution in [0, 0.1) is 13.8 Å². The fourth-order valence-electron chi connectivity index (χ4n) is 3.08. The van der Waals surface area contributed by atoms with Gasteiger partial charge in [0.25, 0.3) is 0 Å². The van der Waals surface area contributed by atoms with E-state index in [0.29, 0.717) is 25.3 Å². The highest BCUT2D eigenvalue weighted by molar-refractivity contribution is 7.89. The highest BCUT2D eigenvalue weighted by atomic mass is 32.2. The van der Waals surface area contributed by atoms with Crippen molar-refractivity contribution in [2.75, 3.05) is 18.1 Å². The molecular weight excluding hydrogens is 364 g/mol. The van der Waals surface area contributed by atoms with E-state index in [2.05, 4.69) is 4.72 Å². The Morgan fingerprint density at radius 2 is 1.81 bits per heavy atom. The maximum atomic E-state index is 12.7. The number of rotatable bonds is 6. The van der Waals surface area contributed by atoms with Crippen molar-refractivity contribution in [2.45, 2.75) is 38.1 Å². The summed E-state index contributed by atoms with van der Waals surface area (Å²) >= 11 is 0. The molecule has 144 valence electrons. The van der Waals surface area contributed by atoms with E-state index in [1.54, 1.807) is 17.0 Å². The molecule has 0 saturated carbocycles. The minimum Gasteiger partial charge on any atom is -0.494 e. The lowest BCUT2D eigenvalue weighted by Gasteiger charge is -2.18. The third-order valence-electron chi connectivity index (χ3n) is 4.75. The van der Waals surface area contributed by atoms with Crippen molar-refractivity contribution in [1.29, 1.82) is 0 Å². The quantitative estimate of drug-likeness (QED) is 0.826. The minimum atomic E-state index is -3.78. The highest BCUT2D eigenvalue weighted by Gasteiger charge is 2.35. The van der Waals surface area contributed by atoms with Gasteiger partial charge < -0.3 is 9.64 Å². The maximum Gasteiger partial charge on any atom is 0.245 e. The molecule has 1 atom stereocenters. The Kier molecular flexibility index (Phi) is 5.53. The lowest BCUT2D eigenvalue weighted by molar-refractivity contribution is -0.118. The molecule has 2 aromatic carbocycles. The second-order valence-corrected chi connectivity index (χ2v) is 8.34. The Hall–Kier alpha value is -2.38. The second-order valence-electron chi connectivity index (χ2n) is 6.63. The Morgan fingerprint density at radius 3 is 2.44 bits per heavy atom. The van der Waals surface area contributed by atoms with E-state index in [-0.39, 0.29) is 10.8 Å². The van der Waals surface area contributed by atoms with Gasteiger partial charge in [0.15, 0.2) is 0 Å². The van der Waals surface area contributed by atoms with Gasteiger partial charge in [0.05, 0.1) is 11.5 Å².